The molecule has 1 N–H and O–H groups in total. The van der Waals surface area contributed by atoms with Crippen LogP contribution in [0, 0.1) is 31.3 Å². The van der Waals surface area contributed by atoms with Crippen LogP contribution >= 0.6 is 0 Å². The van der Waals surface area contributed by atoms with Gasteiger partial charge in [-0.15, -0.1) is 0 Å². The molecule has 0 radical (unpaired) electrons. The maximum Gasteiger partial charge on any atom is 0.270 e. The van der Waals surface area contributed by atoms with Crippen LogP contribution in [0.1, 0.15) is 58.4 Å². The Bertz CT molecular complexity index is 1480. The second-order valence-electron chi connectivity index (χ2n) is 9.34. The minimum Gasteiger partial charge on any atom is -0.394 e. The number of hydrogen-bond acceptors (Lipinski definition) is 4. The molecule has 5 rings (SSSR count). The number of aliphatic hydroxyl groups is 1. The van der Waals surface area contributed by atoms with Gasteiger partial charge in [0.1, 0.15) is 6.04 Å². The van der Waals surface area contributed by atoms with Crippen LogP contribution in [-0.2, 0) is 6.42 Å². The Morgan fingerprint density at radius 2 is 1.81 bits per heavy atom. The van der Waals surface area contributed by atoms with Crippen molar-refractivity contribution in [3.05, 3.63) is 110 Å². The zero-order valence-electron chi connectivity index (χ0n) is 19.9. The fraction of sp³-hybridized carbons (Fsp3) is 0.296. The normalized spacial score (nSPS) is 14.3. The zero-order chi connectivity index (χ0) is 25.6. The lowest BCUT2D eigenvalue weighted by molar-refractivity contribution is 0.235. The maximum absolute atomic E-state index is 13.9. The van der Waals surface area contributed by atoms with Crippen molar-refractivity contribution in [3.8, 4) is 5.69 Å². The molecule has 1 aliphatic carbocycles. The minimum atomic E-state index is -1.60. The van der Waals surface area contributed by atoms with Gasteiger partial charge in [0.2, 0.25) is 0 Å². The zero-order valence-corrected chi connectivity index (χ0v) is 19.9. The first-order valence-corrected chi connectivity index (χ1v) is 11.7. The van der Waals surface area contributed by atoms with Gasteiger partial charge in [-0.2, -0.15) is 5.10 Å². The summed E-state index contributed by atoms with van der Waals surface area (Å²) in [5.41, 5.74) is 4.39. The molecule has 1 aliphatic rings. The standard InChI is InChI=1S/C27H25F3N4O2/c1-15-7-17(3-6-24(15)33-12-16(2)31-14-33)8-20-11-23(18-4-5-18)32-34(27(20)36)25(13-35)19-9-21(28)26(30)22(29)10-19/h3,6-7,9-12,14,18,25,35H,4-5,8,13H2,1-2H3/t25-/m0/s1. The molecule has 0 bridgehead atoms. The number of imidazole rings is 1. The Morgan fingerprint density at radius 1 is 1.08 bits per heavy atom. The van der Waals surface area contributed by atoms with E-state index in [1.165, 1.54) is 0 Å². The molecule has 0 unspecified atom stereocenters. The van der Waals surface area contributed by atoms with Crippen LogP contribution in [0.4, 0.5) is 13.2 Å². The lowest BCUT2D eigenvalue weighted by Gasteiger charge is -2.19. The van der Waals surface area contributed by atoms with E-state index in [0.29, 0.717) is 17.7 Å². The largest absolute Gasteiger partial charge is 0.394 e. The maximum atomic E-state index is 13.9. The third-order valence-electron chi connectivity index (χ3n) is 6.53. The Kier molecular flexibility index (Phi) is 6.26. The van der Waals surface area contributed by atoms with Crippen LogP contribution < -0.4 is 5.56 Å². The van der Waals surface area contributed by atoms with Crippen molar-refractivity contribution in [2.45, 2.75) is 45.1 Å². The summed E-state index contributed by atoms with van der Waals surface area (Å²) in [6, 6.07) is 8.10. The Balaban J connectivity index is 1.54. The van der Waals surface area contributed by atoms with Gasteiger partial charge in [0, 0.05) is 29.8 Å². The Morgan fingerprint density at radius 3 is 2.39 bits per heavy atom. The predicted molar refractivity (Wildman–Crippen MR) is 128 cm³/mol. The van der Waals surface area contributed by atoms with Gasteiger partial charge < -0.3 is 9.67 Å². The average Bonchev–Trinajstić information content (AvgIpc) is 3.61. The quantitative estimate of drug-likeness (QED) is 0.384. The summed E-state index contributed by atoms with van der Waals surface area (Å²) in [6.07, 6.45) is 5.84. The number of halogens is 3. The minimum absolute atomic E-state index is 0.0711. The van der Waals surface area contributed by atoms with Crippen molar-refractivity contribution in [3.63, 3.8) is 0 Å². The number of hydrogen-bond donors (Lipinski definition) is 1. The number of aliphatic hydroxyl groups excluding tert-OH is 1. The van der Waals surface area contributed by atoms with E-state index in [0.717, 1.165) is 52.2 Å². The van der Waals surface area contributed by atoms with Crippen LogP contribution in [0.15, 0.2) is 53.7 Å². The topological polar surface area (TPSA) is 72.9 Å². The van der Waals surface area contributed by atoms with Crippen molar-refractivity contribution in [1.82, 2.24) is 19.3 Å². The molecule has 1 fully saturated rings. The van der Waals surface area contributed by atoms with Crippen LogP contribution in [0.25, 0.3) is 5.69 Å². The van der Waals surface area contributed by atoms with Crippen molar-refractivity contribution < 1.29 is 18.3 Å². The first-order chi connectivity index (χ1) is 17.2. The first-order valence-electron chi connectivity index (χ1n) is 11.7. The lowest BCUT2D eigenvalue weighted by Crippen LogP contribution is -2.33. The van der Waals surface area contributed by atoms with Gasteiger partial charge in [0.15, 0.2) is 17.5 Å². The van der Waals surface area contributed by atoms with Crippen LogP contribution in [0.5, 0.6) is 0 Å². The molecule has 0 spiro atoms. The van der Waals surface area contributed by atoms with Gasteiger partial charge in [-0.25, -0.2) is 22.8 Å². The molecular formula is C27H25F3N4O2. The molecule has 9 heteroatoms. The second-order valence-corrected chi connectivity index (χ2v) is 9.34. The van der Waals surface area contributed by atoms with Crippen LogP contribution in [-0.4, -0.2) is 31.0 Å². The number of benzene rings is 2. The summed E-state index contributed by atoms with van der Waals surface area (Å²) in [7, 11) is 0. The average molecular weight is 495 g/mol. The first kappa shape index (κ1) is 24.0. The highest BCUT2D eigenvalue weighted by Crippen LogP contribution is 2.39. The predicted octanol–water partition coefficient (Wildman–Crippen LogP) is 4.51. The fourth-order valence-electron chi connectivity index (χ4n) is 4.48. The van der Waals surface area contributed by atoms with E-state index in [1.807, 2.05) is 42.8 Å². The van der Waals surface area contributed by atoms with Crippen LogP contribution in [0.3, 0.4) is 0 Å². The molecule has 2 aromatic carbocycles. The molecule has 0 aliphatic heterocycles. The highest BCUT2D eigenvalue weighted by molar-refractivity contribution is 5.44. The summed E-state index contributed by atoms with van der Waals surface area (Å²) in [5.74, 6) is -4.20. The number of nitrogens with zero attached hydrogens (tertiary/aromatic N) is 4. The number of rotatable bonds is 7. The van der Waals surface area contributed by atoms with E-state index in [4.69, 9.17) is 0 Å². The van der Waals surface area contributed by atoms with Gasteiger partial charge in [0.05, 0.1) is 24.3 Å². The molecule has 186 valence electrons. The van der Waals surface area contributed by atoms with Gasteiger partial charge in [-0.05, 0) is 67.6 Å². The van der Waals surface area contributed by atoms with Crippen molar-refractivity contribution in [2.75, 3.05) is 6.61 Å². The second kappa shape index (κ2) is 9.39. The molecule has 36 heavy (non-hydrogen) atoms. The van der Waals surface area contributed by atoms with Crippen molar-refractivity contribution >= 4 is 0 Å². The van der Waals surface area contributed by atoms with E-state index >= 15 is 0 Å². The molecule has 6 nitrogen and oxygen atoms in total. The molecule has 0 amide bonds. The monoisotopic (exact) mass is 494 g/mol. The fourth-order valence-corrected chi connectivity index (χ4v) is 4.48. The van der Waals surface area contributed by atoms with Gasteiger partial charge >= 0.3 is 0 Å². The van der Waals surface area contributed by atoms with Gasteiger partial charge in [0.25, 0.3) is 5.56 Å². The van der Waals surface area contributed by atoms with E-state index < -0.39 is 35.7 Å². The summed E-state index contributed by atoms with van der Waals surface area (Å²) >= 11 is 0. The highest BCUT2D eigenvalue weighted by atomic mass is 19.2. The number of aromatic nitrogens is 4. The summed E-state index contributed by atoms with van der Waals surface area (Å²) < 4.78 is 44.4. The molecule has 2 aromatic heterocycles. The SMILES string of the molecule is Cc1cn(-c2ccc(Cc3cc(C4CC4)nn([C@@H](CO)c4cc(F)c(F)c(F)c4)c3=O)cc2C)cn1. The summed E-state index contributed by atoms with van der Waals surface area (Å²) in [5, 5.41) is 14.5. The van der Waals surface area contributed by atoms with Crippen molar-refractivity contribution in [1.29, 1.82) is 0 Å². The van der Waals surface area contributed by atoms with Crippen LogP contribution in [0.2, 0.25) is 0 Å². The van der Waals surface area contributed by atoms with E-state index in [1.54, 1.807) is 12.4 Å². The summed E-state index contributed by atoms with van der Waals surface area (Å²) in [6.45, 7) is 3.26. The molecular weight excluding hydrogens is 469 g/mol. The molecule has 2 heterocycles. The third kappa shape index (κ3) is 4.58. The van der Waals surface area contributed by atoms with E-state index in [9.17, 15) is 23.1 Å². The Labute approximate surface area is 205 Å². The van der Waals surface area contributed by atoms with Crippen molar-refractivity contribution in [2.24, 2.45) is 0 Å². The molecule has 1 saturated carbocycles. The van der Waals surface area contributed by atoms with E-state index in [-0.39, 0.29) is 11.5 Å². The number of aryl methyl sites for hydroxylation is 2. The highest BCUT2D eigenvalue weighted by Gasteiger charge is 2.29. The molecule has 0 saturated heterocycles. The van der Waals surface area contributed by atoms with Gasteiger partial charge in [-0.1, -0.05) is 12.1 Å². The van der Waals surface area contributed by atoms with Gasteiger partial charge in [-0.3, -0.25) is 4.79 Å². The molecule has 1 atom stereocenters. The van der Waals surface area contributed by atoms with E-state index in [2.05, 4.69) is 10.1 Å². The Hall–Kier alpha value is -3.72. The summed E-state index contributed by atoms with van der Waals surface area (Å²) in [4.78, 5) is 17.7. The smallest absolute Gasteiger partial charge is 0.270 e. The lowest BCUT2D eigenvalue weighted by atomic mass is 10.0. The molecule has 4 aromatic rings. The third-order valence-corrected chi connectivity index (χ3v) is 6.53.